The summed E-state index contributed by atoms with van der Waals surface area (Å²) in [4.78, 5) is 72.5. The van der Waals surface area contributed by atoms with Gasteiger partial charge in [-0.15, -0.1) is 0 Å². The first-order valence-corrected chi connectivity index (χ1v) is 42.1. The molecule has 94 heavy (non-hydrogen) atoms. The summed E-state index contributed by atoms with van der Waals surface area (Å²) in [5.74, 6) is -1.32. The number of esters is 4. The molecule has 5 atom stereocenters. The molecular formula is C75H146O17P2. The van der Waals surface area contributed by atoms with Crippen molar-refractivity contribution in [1.82, 2.24) is 0 Å². The highest BCUT2D eigenvalue weighted by Crippen LogP contribution is 2.45. The molecule has 0 aliphatic rings. The molecule has 19 heteroatoms. The number of hydrogen-bond acceptors (Lipinski definition) is 15. The lowest BCUT2D eigenvalue weighted by Gasteiger charge is -2.21. The number of rotatable bonds is 75. The molecule has 2 unspecified atom stereocenters. The fraction of sp³-hybridized carbons (Fsp3) is 0.947. The van der Waals surface area contributed by atoms with Crippen molar-refractivity contribution in [2.45, 2.75) is 412 Å². The van der Waals surface area contributed by atoms with Crippen LogP contribution >= 0.6 is 15.6 Å². The van der Waals surface area contributed by atoms with Crippen LogP contribution in [0.3, 0.4) is 0 Å². The molecule has 558 valence electrons. The molecule has 0 aliphatic heterocycles. The molecule has 0 heterocycles. The number of carbonyl (C=O) groups excluding carboxylic acids is 4. The molecule has 17 nitrogen and oxygen atoms in total. The maximum Gasteiger partial charge on any atom is 0.472 e. The van der Waals surface area contributed by atoms with Crippen LogP contribution in [0.5, 0.6) is 0 Å². The number of carbonyl (C=O) groups is 4. The number of unbranched alkanes of at least 4 members (excludes halogenated alkanes) is 47. The first-order valence-electron chi connectivity index (χ1n) is 39.1. The van der Waals surface area contributed by atoms with E-state index >= 15 is 0 Å². The van der Waals surface area contributed by atoms with Crippen molar-refractivity contribution in [3.05, 3.63) is 0 Å². The van der Waals surface area contributed by atoms with E-state index < -0.39 is 97.5 Å². The zero-order chi connectivity index (χ0) is 69.1. The van der Waals surface area contributed by atoms with Gasteiger partial charge in [0.05, 0.1) is 26.4 Å². The first kappa shape index (κ1) is 92.1. The number of aliphatic hydroxyl groups is 1. The van der Waals surface area contributed by atoms with Crippen molar-refractivity contribution < 1.29 is 80.2 Å². The number of hydrogen-bond donors (Lipinski definition) is 3. The van der Waals surface area contributed by atoms with Crippen molar-refractivity contribution in [3.8, 4) is 0 Å². The predicted molar refractivity (Wildman–Crippen MR) is 382 cm³/mol. The topological polar surface area (TPSA) is 237 Å². The van der Waals surface area contributed by atoms with Gasteiger partial charge < -0.3 is 33.8 Å². The lowest BCUT2D eigenvalue weighted by molar-refractivity contribution is -0.161. The van der Waals surface area contributed by atoms with Gasteiger partial charge in [0.2, 0.25) is 0 Å². The zero-order valence-electron chi connectivity index (χ0n) is 61.1. The zero-order valence-corrected chi connectivity index (χ0v) is 62.9. The van der Waals surface area contributed by atoms with E-state index in [0.717, 1.165) is 102 Å². The van der Waals surface area contributed by atoms with Crippen LogP contribution in [0.15, 0.2) is 0 Å². The van der Waals surface area contributed by atoms with Crippen LogP contribution in [-0.4, -0.2) is 96.7 Å². The van der Waals surface area contributed by atoms with E-state index in [1.54, 1.807) is 0 Å². The highest BCUT2D eigenvalue weighted by molar-refractivity contribution is 7.47. The van der Waals surface area contributed by atoms with Gasteiger partial charge in [-0.1, -0.05) is 343 Å². The second-order valence-corrected chi connectivity index (χ2v) is 30.4. The smallest absolute Gasteiger partial charge is 0.462 e. The van der Waals surface area contributed by atoms with E-state index in [2.05, 4.69) is 34.6 Å². The van der Waals surface area contributed by atoms with E-state index in [-0.39, 0.29) is 25.7 Å². The number of phosphoric acid groups is 2. The Kier molecular flexibility index (Phi) is 66.8. The average molecular weight is 1380 g/mol. The third-order valence-corrected chi connectivity index (χ3v) is 19.4. The normalized spacial score (nSPS) is 14.0. The number of aliphatic hydroxyl groups excluding tert-OH is 1. The van der Waals surface area contributed by atoms with Crippen molar-refractivity contribution in [3.63, 3.8) is 0 Å². The monoisotopic (exact) mass is 1380 g/mol. The lowest BCUT2D eigenvalue weighted by atomic mass is 10.0. The molecule has 0 saturated heterocycles. The first-order chi connectivity index (χ1) is 45.5. The summed E-state index contributed by atoms with van der Waals surface area (Å²) in [6.07, 6.45) is 57.3. The second-order valence-electron chi connectivity index (χ2n) is 27.5. The summed E-state index contributed by atoms with van der Waals surface area (Å²) < 4.78 is 68.3. The Morgan fingerprint density at radius 2 is 0.489 bits per heavy atom. The van der Waals surface area contributed by atoms with Gasteiger partial charge in [0.1, 0.15) is 19.3 Å². The van der Waals surface area contributed by atoms with E-state index in [1.165, 1.54) is 212 Å². The third-order valence-electron chi connectivity index (χ3n) is 17.5. The molecule has 0 amide bonds. The van der Waals surface area contributed by atoms with Crippen LogP contribution in [0, 0.1) is 5.92 Å². The molecule has 0 aliphatic carbocycles. The second kappa shape index (κ2) is 68.2. The Bertz CT molecular complexity index is 1810. The quantitative estimate of drug-likeness (QED) is 0.0222. The van der Waals surface area contributed by atoms with E-state index in [4.69, 9.17) is 37.0 Å². The van der Waals surface area contributed by atoms with E-state index in [0.29, 0.717) is 25.7 Å². The fourth-order valence-electron chi connectivity index (χ4n) is 11.5. The maximum absolute atomic E-state index is 13.1. The predicted octanol–water partition coefficient (Wildman–Crippen LogP) is 22.1. The van der Waals surface area contributed by atoms with Crippen LogP contribution in [0.2, 0.25) is 0 Å². The van der Waals surface area contributed by atoms with Gasteiger partial charge in [-0.25, -0.2) is 9.13 Å². The molecular weight excluding hydrogens is 1230 g/mol. The minimum atomic E-state index is -4.95. The summed E-state index contributed by atoms with van der Waals surface area (Å²) in [7, 11) is -9.90. The Hall–Kier alpha value is -1.94. The Morgan fingerprint density at radius 3 is 0.723 bits per heavy atom. The standard InChI is InChI=1S/C75H146O17P2/c1-6-9-12-15-17-19-21-23-24-25-29-33-36-40-44-49-54-59-73(78)86-65-71(92-75(80)61-56-51-46-42-38-34-30-27-26-28-32-35-39-43-48-52-57-68(4)5)67-90-94(83,84)88-63-69(76)62-87-93(81,82)89-66-70(64-85-72(77)58-53-47-14-11-8-3)91-74(79)60-55-50-45-41-37-31-22-20-18-16-13-10-7-2/h68-71,76H,6-67H2,1-5H3,(H,81,82)(H,83,84)/t69-,70+,71+/m0/s1. The van der Waals surface area contributed by atoms with Crippen molar-refractivity contribution in [2.75, 3.05) is 39.6 Å². The number of phosphoric ester groups is 2. The fourth-order valence-corrected chi connectivity index (χ4v) is 13.1. The molecule has 3 N–H and O–H groups in total. The van der Waals surface area contributed by atoms with Gasteiger partial charge in [0, 0.05) is 25.7 Å². The molecule has 0 fully saturated rings. The average Bonchev–Trinajstić information content (AvgIpc) is 2.00. The molecule has 0 saturated carbocycles. The van der Waals surface area contributed by atoms with Crippen LogP contribution in [0.1, 0.15) is 394 Å². The summed E-state index contributed by atoms with van der Waals surface area (Å²) >= 11 is 0. The molecule has 0 spiro atoms. The lowest BCUT2D eigenvalue weighted by Crippen LogP contribution is -2.30. The molecule has 0 radical (unpaired) electrons. The van der Waals surface area contributed by atoms with Crippen molar-refractivity contribution in [2.24, 2.45) is 5.92 Å². The highest BCUT2D eigenvalue weighted by atomic mass is 31.2. The largest absolute Gasteiger partial charge is 0.472 e. The summed E-state index contributed by atoms with van der Waals surface area (Å²) in [5, 5.41) is 10.6. The van der Waals surface area contributed by atoms with Crippen LogP contribution in [0.25, 0.3) is 0 Å². The van der Waals surface area contributed by atoms with Crippen LogP contribution < -0.4 is 0 Å². The molecule has 0 aromatic rings. The Morgan fingerprint density at radius 1 is 0.287 bits per heavy atom. The van der Waals surface area contributed by atoms with Gasteiger partial charge >= 0.3 is 39.5 Å². The van der Waals surface area contributed by atoms with Crippen molar-refractivity contribution in [1.29, 1.82) is 0 Å². The van der Waals surface area contributed by atoms with Crippen LogP contribution in [-0.2, 0) is 65.4 Å². The Labute approximate surface area is 575 Å². The summed E-state index contributed by atoms with van der Waals surface area (Å²) in [5.41, 5.74) is 0. The van der Waals surface area contributed by atoms with Gasteiger partial charge in [0.25, 0.3) is 0 Å². The van der Waals surface area contributed by atoms with Gasteiger partial charge in [-0.3, -0.25) is 37.3 Å². The van der Waals surface area contributed by atoms with E-state index in [9.17, 15) is 43.2 Å². The van der Waals surface area contributed by atoms with Gasteiger partial charge in [0.15, 0.2) is 12.2 Å². The maximum atomic E-state index is 13.1. The minimum absolute atomic E-state index is 0.107. The number of ether oxygens (including phenoxy) is 4. The minimum Gasteiger partial charge on any atom is -0.462 e. The van der Waals surface area contributed by atoms with Crippen molar-refractivity contribution >= 4 is 39.5 Å². The van der Waals surface area contributed by atoms with Crippen LogP contribution in [0.4, 0.5) is 0 Å². The Balaban J connectivity index is 5.14. The molecule has 0 rings (SSSR count). The van der Waals surface area contributed by atoms with E-state index in [1.807, 2.05) is 0 Å². The molecule has 0 aromatic heterocycles. The molecule has 0 aromatic carbocycles. The van der Waals surface area contributed by atoms with Gasteiger partial charge in [-0.2, -0.15) is 0 Å². The van der Waals surface area contributed by atoms with Gasteiger partial charge in [-0.05, 0) is 31.6 Å². The summed E-state index contributed by atoms with van der Waals surface area (Å²) in [6, 6.07) is 0. The third kappa shape index (κ3) is 68.6. The highest BCUT2D eigenvalue weighted by Gasteiger charge is 2.30. The SMILES string of the molecule is CCCCCCCCCCCCCCCCCCCC(=O)OC[C@H](COP(=O)(O)OC[C@@H](O)COP(=O)(O)OC[C@@H](COC(=O)CCCCCCC)OC(=O)CCCCCCCCCCCCCCC)OC(=O)CCCCCCCCCCCCCCCCCCC(C)C. The summed E-state index contributed by atoms with van der Waals surface area (Å²) in [6.45, 7) is 7.23. The molecule has 0 bridgehead atoms.